The van der Waals surface area contributed by atoms with Crippen molar-refractivity contribution in [2.45, 2.75) is 45.6 Å². The summed E-state index contributed by atoms with van der Waals surface area (Å²) in [5.41, 5.74) is 0. The average molecular weight is 283 g/mol. The Bertz CT molecular complexity index is 564. The molecule has 6 heteroatoms. The van der Waals surface area contributed by atoms with Crippen LogP contribution in [0.15, 0.2) is 0 Å². The quantitative estimate of drug-likeness (QED) is 0.819. The second-order valence-corrected chi connectivity index (χ2v) is 8.34. The maximum atomic E-state index is 11.7. The molecule has 106 valence electrons. The Kier molecular flexibility index (Phi) is 3.37. The lowest BCUT2D eigenvalue weighted by Gasteiger charge is -2.24. The molecule has 0 bridgehead atoms. The highest BCUT2D eigenvalue weighted by Gasteiger charge is 2.27. The molecule has 5 nitrogen and oxygen atoms in total. The van der Waals surface area contributed by atoms with Crippen molar-refractivity contribution in [2.75, 3.05) is 11.5 Å². The van der Waals surface area contributed by atoms with Crippen molar-refractivity contribution < 1.29 is 8.42 Å². The van der Waals surface area contributed by atoms with Gasteiger partial charge in [0.25, 0.3) is 0 Å². The van der Waals surface area contributed by atoms with Crippen molar-refractivity contribution in [1.82, 2.24) is 14.8 Å². The summed E-state index contributed by atoms with van der Waals surface area (Å²) in [5.74, 6) is 3.66. The number of rotatable bonds is 2. The Labute approximate surface area is 114 Å². The fraction of sp³-hybridized carbons (Fsp3) is 0.846. The summed E-state index contributed by atoms with van der Waals surface area (Å²) in [6, 6.07) is 0. The number of hydrogen-bond donors (Lipinski definition) is 0. The number of sulfone groups is 1. The van der Waals surface area contributed by atoms with Gasteiger partial charge in [0, 0.05) is 19.4 Å². The van der Waals surface area contributed by atoms with E-state index in [1.54, 1.807) is 0 Å². The maximum Gasteiger partial charge on any atom is 0.150 e. The van der Waals surface area contributed by atoms with Crippen LogP contribution < -0.4 is 0 Å². The first-order chi connectivity index (χ1) is 9.03. The van der Waals surface area contributed by atoms with Crippen molar-refractivity contribution in [3.63, 3.8) is 0 Å². The lowest BCUT2D eigenvalue weighted by molar-refractivity contribution is 0.393. The van der Waals surface area contributed by atoms with Crippen LogP contribution in [-0.2, 0) is 29.2 Å². The van der Waals surface area contributed by atoms with Gasteiger partial charge in [0.15, 0.2) is 9.84 Å². The minimum Gasteiger partial charge on any atom is -0.315 e. The molecule has 2 unspecified atom stereocenters. The van der Waals surface area contributed by atoms with Crippen LogP contribution in [0.25, 0.3) is 0 Å². The van der Waals surface area contributed by atoms with E-state index in [9.17, 15) is 8.42 Å². The highest BCUT2D eigenvalue weighted by molar-refractivity contribution is 7.91. The molecule has 2 aliphatic rings. The first-order valence-electron chi connectivity index (χ1n) is 7.15. The molecule has 0 saturated carbocycles. The summed E-state index contributed by atoms with van der Waals surface area (Å²) in [5, 5.41) is 8.56. The third-order valence-corrected chi connectivity index (χ3v) is 6.20. The van der Waals surface area contributed by atoms with Gasteiger partial charge in [-0.25, -0.2) is 8.42 Å². The van der Waals surface area contributed by atoms with Gasteiger partial charge in [-0.15, -0.1) is 10.2 Å². The zero-order valence-corrected chi connectivity index (χ0v) is 12.2. The molecule has 19 heavy (non-hydrogen) atoms. The van der Waals surface area contributed by atoms with Crippen LogP contribution in [0, 0.1) is 11.8 Å². The molecule has 0 radical (unpaired) electrons. The molecule has 1 aromatic heterocycles. The second-order valence-electron chi connectivity index (χ2n) is 6.11. The fourth-order valence-electron chi connectivity index (χ4n) is 3.23. The summed E-state index contributed by atoms with van der Waals surface area (Å²) in [6.07, 6.45) is 4.72. The van der Waals surface area contributed by atoms with Gasteiger partial charge in [0.2, 0.25) is 0 Å². The smallest absolute Gasteiger partial charge is 0.150 e. The van der Waals surface area contributed by atoms with Crippen molar-refractivity contribution in [3.8, 4) is 0 Å². The van der Waals surface area contributed by atoms with E-state index in [-0.39, 0.29) is 5.92 Å². The molecule has 3 heterocycles. The van der Waals surface area contributed by atoms with E-state index in [1.807, 2.05) is 0 Å². The number of nitrogens with zero attached hydrogens (tertiary/aromatic N) is 3. The van der Waals surface area contributed by atoms with Crippen LogP contribution in [0.1, 0.15) is 37.8 Å². The van der Waals surface area contributed by atoms with E-state index in [1.165, 1.54) is 6.42 Å². The van der Waals surface area contributed by atoms with Crippen molar-refractivity contribution in [2.24, 2.45) is 11.8 Å². The van der Waals surface area contributed by atoms with Crippen LogP contribution in [0.3, 0.4) is 0 Å². The SMILES string of the molecule is CC1CCn2c(nnc2CC2CCCS(=O)(=O)C2)C1. The summed E-state index contributed by atoms with van der Waals surface area (Å²) in [4.78, 5) is 0. The molecule has 2 atom stereocenters. The predicted molar refractivity (Wildman–Crippen MR) is 72.6 cm³/mol. The summed E-state index contributed by atoms with van der Waals surface area (Å²) >= 11 is 0. The molecule has 0 amide bonds. The minimum atomic E-state index is -2.82. The van der Waals surface area contributed by atoms with Gasteiger partial charge in [-0.1, -0.05) is 6.92 Å². The predicted octanol–water partition coefficient (Wildman–Crippen LogP) is 1.23. The molecular weight excluding hydrogens is 262 g/mol. The van der Waals surface area contributed by atoms with Crippen LogP contribution in [0.5, 0.6) is 0 Å². The van der Waals surface area contributed by atoms with Gasteiger partial charge in [0.1, 0.15) is 11.6 Å². The van der Waals surface area contributed by atoms with Gasteiger partial charge in [-0.2, -0.15) is 0 Å². The molecule has 0 spiro atoms. The van der Waals surface area contributed by atoms with E-state index in [2.05, 4.69) is 21.7 Å². The normalized spacial score (nSPS) is 29.9. The highest BCUT2D eigenvalue weighted by atomic mass is 32.2. The Morgan fingerprint density at radius 3 is 2.95 bits per heavy atom. The van der Waals surface area contributed by atoms with Gasteiger partial charge < -0.3 is 4.57 Å². The van der Waals surface area contributed by atoms with Gasteiger partial charge in [-0.3, -0.25) is 0 Å². The van der Waals surface area contributed by atoms with E-state index in [4.69, 9.17) is 0 Å². The van der Waals surface area contributed by atoms with Crippen LogP contribution >= 0.6 is 0 Å². The molecule has 0 N–H and O–H groups in total. The van der Waals surface area contributed by atoms with Crippen LogP contribution in [0.4, 0.5) is 0 Å². The largest absolute Gasteiger partial charge is 0.315 e. The van der Waals surface area contributed by atoms with Crippen LogP contribution in [0.2, 0.25) is 0 Å². The van der Waals surface area contributed by atoms with E-state index in [0.29, 0.717) is 17.4 Å². The molecule has 2 aliphatic heterocycles. The highest BCUT2D eigenvalue weighted by Crippen LogP contribution is 2.24. The number of fused-ring (bicyclic) bond motifs is 1. The molecule has 0 aliphatic carbocycles. The molecule has 0 aromatic carbocycles. The first kappa shape index (κ1) is 13.1. The monoisotopic (exact) mass is 283 g/mol. The Hall–Kier alpha value is -0.910. The summed E-state index contributed by atoms with van der Waals surface area (Å²) in [7, 11) is -2.82. The van der Waals surface area contributed by atoms with E-state index < -0.39 is 9.84 Å². The lowest BCUT2D eigenvalue weighted by atomic mass is 9.98. The van der Waals surface area contributed by atoms with Gasteiger partial charge in [-0.05, 0) is 31.1 Å². The molecule has 3 rings (SSSR count). The maximum absolute atomic E-state index is 11.7. The van der Waals surface area contributed by atoms with E-state index in [0.717, 1.165) is 43.9 Å². The lowest BCUT2D eigenvalue weighted by Crippen LogP contribution is -2.28. The second kappa shape index (κ2) is 4.89. The number of aromatic nitrogens is 3. The van der Waals surface area contributed by atoms with Crippen molar-refractivity contribution in [1.29, 1.82) is 0 Å². The summed E-state index contributed by atoms with van der Waals surface area (Å²) in [6.45, 7) is 3.23. The van der Waals surface area contributed by atoms with Crippen molar-refractivity contribution in [3.05, 3.63) is 11.6 Å². The third-order valence-electron chi connectivity index (χ3n) is 4.31. The topological polar surface area (TPSA) is 64.8 Å². The first-order valence-corrected chi connectivity index (χ1v) is 8.97. The van der Waals surface area contributed by atoms with Crippen molar-refractivity contribution >= 4 is 9.84 Å². The van der Waals surface area contributed by atoms with Crippen LogP contribution in [-0.4, -0.2) is 34.7 Å². The zero-order valence-electron chi connectivity index (χ0n) is 11.4. The molecular formula is C13H21N3O2S. The molecule has 1 fully saturated rings. The minimum absolute atomic E-state index is 0.228. The van der Waals surface area contributed by atoms with E-state index >= 15 is 0 Å². The van der Waals surface area contributed by atoms with Gasteiger partial charge >= 0.3 is 0 Å². The Morgan fingerprint density at radius 2 is 2.16 bits per heavy atom. The third kappa shape index (κ3) is 2.83. The number of hydrogen-bond acceptors (Lipinski definition) is 4. The fourth-order valence-corrected chi connectivity index (χ4v) is 5.01. The molecule has 1 aromatic rings. The Morgan fingerprint density at radius 1 is 1.32 bits per heavy atom. The zero-order chi connectivity index (χ0) is 13.5. The molecule has 1 saturated heterocycles. The standard InChI is InChI=1S/C13H21N3O2S/c1-10-4-5-16-12(7-10)14-15-13(16)8-11-3-2-6-19(17,18)9-11/h10-11H,2-9H2,1H3. The summed E-state index contributed by atoms with van der Waals surface area (Å²) < 4.78 is 25.6. The Balaban J connectivity index is 1.74. The van der Waals surface area contributed by atoms with Gasteiger partial charge in [0.05, 0.1) is 11.5 Å². The average Bonchev–Trinajstić information content (AvgIpc) is 2.70.